The van der Waals surface area contributed by atoms with Gasteiger partial charge in [-0.25, -0.2) is 16.8 Å². The molecule has 0 N–H and O–H groups in total. The summed E-state index contributed by atoms with van der Waals surface area (Å²) in [6.07, 6.45) is 10.8. The van der Waals surface area contributed by atoms with Gasteiger partial charge in [0, 0.05) is 78.5 Å². The van der Waals surface area contributed by atoms with Crippen LogP contribution in [0.15, 0.2) is 113 Å². The Morgan fingerprint density at radius 2 is 0.852 bits per heavy atom. The second-order valence-corrected chi connectivity index (χ2v) is 21.7. The first kappa shape index (κ1) is 43.7. The highest BCUT2D eigenvalue weighted by Crippen LogP contribution is 2.35. The van der Waals surface area contributed by atoms with Crippen LogP contribution in [0, 0.1) is 15.4 Å². The molecule has 5 aromatic rings. The average molecular weight is 975 g/mol. The van der Waals surface area contributed by atoms with E-state index in [0.29, 0.717) is 62.1 Å². The van der Waals surface area contributed by atoms with Crippen molar-refractivity contribution in [2.45, 2.75) is 74.0 Å². The largest absolute Gasteiger partial charge is 0.340 e. The van der Waals surface area contributed by atoms with Gasteiger partial charge in [-0.1, -0.05) is 123 Å². The van der Waals surface area contributed by atoms with Crippen LogP contribution in [0.25, 0.3) is 32.7 Å². The molecule has 0 bridgehead atoms. The molecule has 61 heavy (non-hydrogen) atoms. The van der Waals surface area contributed by atoms with Gasteiger partial charge in [-0.3, -0.25) is 9.59 Å². The van der Waals surface area contributed by atoms with Crippen molar-refractivity contribution in [2.24, 2.45) is 11.8 Å². The zero-order valence-electron chi connectivity index (χ0n) is 34.6. The van der Waals surface area contributed by atoms with Gasteiger partial charge >= 0.3 is 0 Å². The predicted molar refractivity (Wildman–Crippen MR) is 250 cm³/mol. The molecular weight excluding hydrogens is 920 g/mol. The van der Waals surface area contributed by atoms with Gasteiger partial charge in [0.05, 0.1) is 9.79 Å². The second-order valence-electron chi connectivity index (χ2n) is 16.7. The summed E-state index contributed by atoms with van der Waals surface area (Å²) in [5, 5.41) is 3.38. The van der Waals surface area contributed by atoms with Crippen molar-refractivity contribution >= 4 is 76.0 Å². The molecule has 0 spiro atoms. The number of amides is 2. The summed E-state index contributed by atoms with van der Waals surface area (Å²) < 4.78 is 58.0. The maximum atomic E-state index is 13.6. The Balaban J connectivity index is 0.000000171. The number of piperazine rings is 2. The average Bonchev–Trinajstić information content (AvgIpc) is 3.31. The SMILES string of the molecule is O=C(C1CCCCC1)N1CCN(S(=O)(=O)c2cccc3c(-c4ccccc4)cccc23)CC1.O=C(C1CCCCC1)N1CCN(S(=O)(=O)c2cccc3c(I)cccc23)CC1. The highest BCUT2D eigenvalue weighted by molar-refractivity contribution is 14.1. The summed E-state index contributed by atoms with van der Waals surface area (Å²) in [7, 11) is -7.25. The summed E-state index contributed by atoms with van der Waals surface area (Å²) in [4.78, 5) is 30.1. The van der Waals surface area contributed by atoms with Crippen molar-refractivity contribution in [1.29, 1.82) is 0 Å². The van der Waals surface area contributed by atoms with E-state index in [1.54, 1.807) is 22.5 Å². The highest BCUT2D eigenvalue weighted by atomic mass is 127. The number of halogens is 1. The number of hydrogen-bond acceptors (Lipinski definition) is 6. The number of nitrogens with zero attached hydrogens (tertiary/aromatic N) is 4. The van der Waals surface area contributed by atoms with E-state index in [1.807, 2.05) is 94.7 Å². The normalized spacial score (nSPS) is 19.1. The molecule has 0 unspecified atom stereocenters. The van der Waals surface area contributed by atoms with E-state index in [9.17, 15) is 26.4 Å². The van der Waals surface area contributed by atoms with Crippen LogP contribution in [0.3, 0.4) is 0 Å². The van der Waals surface area contributed by atoms with Gasteiger partial charge in [0.25, 0.3) is 0 Å². The monoisotopic (exact) mass is 974 g/mol. The molecule has 2 aliphatic heterocycles. The quantitative estimate of drug-likeness (QED) is 0.151. The summed E-state index contributed by atoms with van der Waals surface area (Å²) in [5.41, 5.74) is 2.08. The van der Waals surface area contributed by atoms with Crippen molar-refractivity contribution < 1.29 is 26.4 Å². The summed E-state index contributed by atoms with van der Waals surface area (Å²) in [6, 6.07) is 32.6. The first-order valence-corrected chi connectivity index (χ1v) is 25.8. The van der Waals surface area contributed by atoms with E-state index < -0.39 is 20.0 Å². The van der Waals surface area contributed by atoms with E-state index in [2.05, 4.69) is 22.6 Å². The molecule has 13 heteroatoms. The molecule has 322 valence electrons. The standard InChI is InChI=1S/C27H30N2O3S.C21H25IN2O3S/c30-27(22-11-5-2-6-12-22)28-17-19-29(20-18-28)33(31,32)26-16-8-14-24-23(13-7-15-25(24)26)21-9-3-1-4-10-21;22-19-10-4-9-18-17(19)8-5-11-20(18)28(26,27)24-14-12-23(13-15-24)21(25)16-6-2-1-3-7-16/h1,3-4,7-10,13-16,22H,2,5-6,11-12,17-20H2;4-5,8-11,16H,1-3,6-7,12-15H2. The first-order chi connectivity index (χ1) is 29.5. The Morgan fingerprint density at radius 3 is 1.34 bits per heavy atom. The molecule has 4 aliphatic rings. The van der Waals surface area contributed by atoms with Crippen LogP contribution in [-0.2, 0) is 29.6 Å². The topological polar surface area (TPSA) is 115 Å². The number of rotatable bonds is 7. The molecule has 2 saturated heterocycles. The Hall–Kier alpha value is -3.89. The van der Waals surface area contributed by atoms with Crippen molar-refractivity contribution in [3.8, 4) is 11.1 Å². The number of carbonyl (C=O) groups is 2. The second kappa shape index (κ2) is 19.2. The summed E-state index contributed by atoms with van der Waals surface area (Å²) >= 11 is 2.24. The maximum Gasteiger partial charge on any atom is 0.243 e. The molecule has 0 aromatic heterocycles. The lowest BCUT2D eigenvalue weighted by atomic mass is 9.88. The Kier molecular flexibility index (Phi) is 13.8. The summed E-state index contributed by atoms with van der Waals surface area (Å²) in [6.45, 7) is 3.31. The number of carbonyl (C=O) groups excluding carboxylic acids is 2. The van der Waals surface area contributed by atoms with Crippen LogP contribution in [0.2, 0.25) is 0 Å². The van der Waals surface area contributed by atoms with E-state index in [4.69, 9.17) is 0 Å². The zero-order chi connectivity index (χ0) is 42.6. The van der Waals surface area contributed by atoms with E-state index in [0.717, 1.165) is 87.6 Å². The fraction of sp³-hybridized carbons (Fsp3) is 0.417. The molecule has 9 rings (SSSR count). The minimum absolute atomic E-state index is 0.122. The molecule has 2 heterocycles. The number of fused-ring (bicyclic) bond motifs is 2. The maximum absolute atomic E-state index is 13.6. The fourth-order valence-corrected chi connectivity index (χ4v) is 13.6. The van der Waals surface area contributed by atoms with Crippen molar-refractivity contribution in [3.63, 3.8) is 0 Å². The minimum Gasteiger partial charge on any atom is -0.340 e. The van der Waals surface area contributed by atoms with Gasteiger partial charge < -0.3 is 9.80 Å². The molecule has 2 saturated carbocycles. The predicted octanol–water partition coefficient (Wildman–Crippen LogP) is 8.78. The molecule has 2 aliphatic carbocycles. The molecule has 10 nitrogen and oxygen atoms in total. The molecule has 4 fully saturated rings. The molecular formula is C48H55IN4O6S2. The lowest BCUT2D eigenvalue weighted by Crippen LogP contribution is -2.52. The minimum atomic E-state index is -3.67. The third-order valence-electron chi connectivity index (χ3n) is 13.0. The lowest BCUT2D eigenvalue weighted by molar-refractivity contribution is -0.138. The molecule has 0 atom stereocenters. The van der Waals surface area contributed by atoms with Gasteiger partial charge in [0.1, 0.15) is 0 Å². The van der Waals surface area contributed by atoms with Gasteiger partial charge in [0.15, 0.2) is 0 Å². The van der Waals surface area contributed by atoms with Crippen molar-refractivity contribution in [3.05, 3.63) is 107 Å². The van der Waals surface area contributed by atoms with Crippen LogP contribution in [0.5, 0.6) is 0 Å². The molecule has 0 radical (unpaired) electrons. The van der Waals surface area contributed by atoms with Crippen LogP contribution >= 0.6 is 22.6 Å². The fourth-order valence-electron chi connectivity index (χ4n) is 9.63. The van der Waals surface area contributed by atoms with Gasteiger partial charge in [0.2, 0.25) is 31.9 Å². The molecule has 5 aromatic carbocycles. The van der Waals surface area contributed by atoms with Crippen LogP contribution in [0.1, 0.15) is 64.2 Å². The van der Waals surface area contributed by atoms with Gasteiger partial charge in [-0.2, -0.15) is 8.61 Å². The van der Waals surface area contributed by atoms with Crippen LogP contribution in [0.4, 0.5) is 0 Å². The smallest absolute Gasteiger partial charge is 0.243 e. The van der Waals surface area contributed by atoms with E-state index in [1.165, 1.54) is 17.1 Å². The number of hydrogen-bond donors (Lipinski definition) is 0. The lowest BCUT2D eigenvalue weighted by Gasteiger charge is -2.36. The van der Waals surface area contributed by atoms with Gasteiger partial charge in [-0.05, 0) is 88.4 Å². The Morgan fingerprint density at radius 1 is 0.443 bits per heavy atom. The van der Waals surface area contributed by atoms with E-state index in [-0.39, 0.29) is 23.7 Å². The first-order valence-electron chi connectivity index (χ1n) is 21.9. The highest BCUT2D eigenvalue weighted by Gasteiger charge is 2.35. The Bertz CT molecular complexity index is 2580. The Labute approximate surface area is 374 Å². The van der Waals surface area contributed by atoms with Crippen LogP contribution < -0.4 is 0 Å². The van der Waals surface area contributed by atoms with Crippen molar-refractivity contribution in [2.75, 3.05) is 52.4 Å². The number of sulfonamides is 2. The third-order valence-corrected chi connectivity index (χ3v) is 17.9. The third kappa shape index (κ3) is 9.41. The summed E-state index contributed by atoms with van der Waals surface area (Å²) in [5.74, 6) is 0.689. The van der Waals surface area contributed by atoms with Gasteiger partial charge in [-0.15, -0.1) is 0 Å². The van der Waals surface area contributed by atoms with Crippen LogP contribution in [-0.4, -0.2) is 99.4 Å². The van der Waals surface area contributed by atoms with Crippen molar-refractivity contribution in [1.82, 2.24) is 18.4 Å². The molecule has 2 amide bonds. The number of benzene rings is 5. The zero-order valence-corrected chi connectivity index (χ0v) is 38.4. The van der Waals surface area contributed by atoms with E-state index >= 15 is 0 Å².